The molecule has 0 aromatic heterocycles. The second kappa shape index (κ2) is 6.58. The van der Waals surface area contributed by atoms with Crippen molar-refractivity contribution in [2.45, 2.75) is 44.7 Å². The number of carbonyl (C=O) groups excluding carboxylic acids is 1. The fraction of sp³-hybridized carbons (Fsp3) is 0.467. The van der Waals surface area contributed by atoms with Gasteiger partial charge >= 0.3 is 12.0 Å². The normalized spacial score (nSPS) is 21.6. The molecule has 0 spiro atoms. The van der Waals surface area contributed by atoms with Crippen molar-refractivity contribution >= 4 is 17.7 Å². The summed E-state index contributed by atoms with van der Waals surface area (Å²) in [5.41, 5.74) is 7.00. The number of aryl methyl sites for hydroxylation is 1. The molecule has 0 bridgehead atoms. The predicted octanol–water partition coefficient (Wildman–Crippen LogP) is 2.08. The van der Waals surface area contributed by atoms with Gasteiger partial charge in [0.2, 0.25) is 0 Å². The van der Waals surface area contributed by atoms with Crippen molar-refractivity contribution in [2.24, 2.45) is 5.73 Å². The van der Waals surface area contributed by atoms with E-state index < -0.39 is 12.0 Å². The van der Waals surface area contributed by atoms with Crippen LogP contribution in [0.4, 0.5) is 10.5 Å². The molecule has 21 heavy (non-hydrogen) atoms. The molecule has 2 atom stereocenters. The van der Waals surface area contributed by atoms with Gasteiger partial charge in [0.1, 0.15) is 0 Å². The van der Waals surface area contributed by atoms with Crippen molar-refractivity contribution < 1.29 is 14.7 Å². The maximum absolute atomic E-state index is 12.0. The Balaban J connectivity index is 2.06. The molecule has 0 saturated heterocycles. The average Bonchev–Trinajstić information content (AvgIpc) is 2.41. The summed E-state index contributed by atoms with van der Waals surface area (Å²) in [6.45, 7) is 1.70. The van der Waals surface area contributed by atoms with Gasteiger partial charge in [-0.2, -0.15) is 0 Å². The minimum atomic E-state index is -1.06. The Labute approximate surface area is 123 Å². The molecule has 0 heterocycles. The van der Waals surface area contributed by atoms with Gasteiger partial charge in [-0.3, -0.25) is 0 Å². The Morgan fingerprint density at radius 2 is 2.00 bits per heavy atom. The van der Waals surface area contributed by atoms with Crippen LogP contribution in [0.5, 0.6) is 0 Å². The highest BCUT2D eigenvalue weighted by Gasteiger charge is 2.24. The number of nitrogens with two attached hydrogens (primary N) is 1. The molecule has 2 unspecified atom stereocenters. The lowest BCUT2D eigenvalue weighted by Gasteiger charge is -2.29. The van der Waals surface area contributed by atoms with Gasteiger partial charge in [-0.05, 0) is 31.4 Å². The summed E-state index contributed by atoms with van der Waals surface area (Å²) in [6, 6.07) is 4.48. The molecule has 0 aliphatic heterocycles. The monoisotopic (exact) mass is 291 g/mol. The zero-order chi connectivity index (χ0) is 15.4. The Hall–Kier alpha value is -2.08. The number of nitrogens with one attached hydrogen (secondary N) is 2. The smallest absolute Gasteiger partial charge is 0.338 e. The number of hydrogen-bond donors (Lipinski definition) is 4. The fourth-order valence-electron chi connectivity index (χ4n) is 2.72. The van der Waals surface area contributed by atoms with E-state index in [0.717, 1.165) is 25.7 Å². The van der Waals surface area contributed by atoms with Crippen LogP contribution in [-0.2, 0) is 0 Å². The third-order valence-corrected chi connectivity index (χ3v) is 3.87. The zero-order valence-electron chi connectivity index (χ0n) is 12.1. The van der Waals surface area contributed by atoms with Gasteiger partial charge in [0.25, 0.3) is 0 Å². The largest absolute Gasteiger partial charge is 0.478 e. The molecular formula is C15H21N3O3. The number of anilines is 1. The number of hydrogen-bond acceptors (Lipinski definition) is 3. The Morgan fingerprint density at radius 3 is 2.67 bits per heavy atom. The summed E-state index contributed by atoms with van der Waals surface area (Å²) in [5.74, 6) is -1.06. The number of carboxylic acid groups (broad SMARTS) is 1. The van der Waals surface area contributed by atoms with Crippen molar-refractivity contribution in [1.82, 2.24) is 5.32 Å². The van der Waals surface area contributed by atoms with E-state index in [9.17, 15) is 14.7 Å². The topological polar surface area (TPSA) is 104 Å². The van der Waals surface area contributed by atoms with Crippen molar-refractivity contribution in [1.29, 1.82) is 0 Å². The van der Waals surface area contributed by atoms with Crippen LogP contribution in [0, 0.1) is 6.92 Å². The van der Waals surface area contributed by atoms with Gasteiger partial charge in [0.05, 0.1) is 11.3 Å². The van der Waals surface area contributed by atoms with E-state index >= 15 is 0 Å². The standard InChI is InChI=1S/C15H21N3O3/c1-9-5-4-8-12(13(9)14(19)20)18-15(21)17-11-7-3-2-6-10(11)16/h4-5,8,10-11H,2-3,6-7,16H2,1H3,(H,19,20)(H2,17,18,21). The summed E-state index contributed by atoms with van der Waals surface area (Å²) in [7, 11) is 0. The maximum Gasteiger partial charge on any atom is 0.338 e. The van der Waals surface area contributed by atoms with Crippen molar-refractivity contribution in [3.05, 3.63) is 29.3 Å². The number of aromatic carboxylic acids is 1. The lowest BCUT2D eigenvalue weighted by molar-refractivity contribution is 0.0697. The highest BCUT2D eigenvalue weighted by molar-refractivity contribution is 6.01. The first-order chi connectivity index (χ1) is 9.99. The zero-order valence-corrected chi connectivity index (χ0v) is 12.1. The molecule has 5 N–H and O–H groups in total. The first-order valence-corrected chi connectivity index (χ1v) is 7.15. The van der Waals surface area contributed by atoms with Crippen molar-refractivity contribution in [2.75, 3.05) is 5.32 Å². The fourth-order valence-corrected chi connectivity index (χ4v) is 2.72. The first kappa shape index (κ1) is 15.3. The van der Waals surface area contributed by atoms with E-state index in [1.165, 1.54) is 0 Å². The molecule has 1 aliphatic rings. The van der Waals surface area contributed by atoms with Crippen LogP contribution in [-0.4, -0.2) is 29.2 Å². The second-order valence-corrected chi connectivity index (χ2v) is 5.46. The molecule has 6 heteroatoms. The number of amides is 2. The van der Waals surface area contributed by atoms with Gasteiger partial charge in [-0.25, -0.2) is 9.59 Å². The highest BCUT2D eigenvalue weighted by Crippen LogP contribution is 2.20. The van der Waals surface area contributed by atoms with Crippen LogP contribution < -0.4 is 16.4 Å². The molecule has 114 valence electrons. The quantitative estimate of drug-likeness (QED) is 0.684. The minimum Gasteiger partial charge on any atom is -0.478 e. The van der Waals surface area contributed by atoms with Gasteiger partial charge in [0.15, 0.2) is 0 Å². The van der Waals surface area contributed by atoms with E-state index in [1.54, 1.807) is 25.1 Å². The van der Waals surface area contributed by atoms with Crippen LogP contribution in [0.3, 0.4) is 0 Å². The number of carboxylic acids is 1. The second-order valence-electron chi connectivity index (χ2n) is 5.46. The molecular weight excluding hydrogens is 270 g/mol. The van der Waals surface area contributed by atoms with Crippen LogP contribution in [0.15, 0.2) is 18.2 Å². The predicted molar refractivity (Wildman–Crippen MR) is 80.5 cm³/mol. The molecule has 6 nitrogen and oxygen atoms in total. The van der Waals surface area contributed by atoms with E-state index in [2.05, 4.69) is 10.6 Å². The Kier molecular flexibility index (Phi) is 4.80. The lowest BCUT2D eigenvalue weighted by atomic mass is 9.91. The molecule has 1 saturated carbocycles. The summed E-state index contributed by atoms with van der Waals surface area (Å²) in [5, 5.41) is 14.7. The molecule has 0 radical (unpaired) electrons. The van der Waals surface area contributed by atoms with Crippen LogP contribution in [0.1, 0.15) is 41.6 Å². The molecule has 1 fully saturated rings. The van der Waals surface area contributed by atoms with Crippen molar-refractivity contribution in [3.8, 4) is 0 Å². The molecule has 1 aromatic rings. The average molecular weight is 291 g/mol. The van der Waals surface area contributed by atoms with Crippen LogP contribution >= 0.6 is 0 Å². The summed E-state index contributed by atoms with van der Waals surface area (Å²) in [4.78, 5) is 23.3. The Bertz CT molecular complexity index is 545. The van der Waals surface area contributed by atoms with Gasteiger partial charge < -0.3 is 21.5 Å². The highest BCUT2D eigenvalue weighted by atomic mass is 16.4. The lowest BCUT2D eigenvalue weighted by Crippen LogP contribution is -2.50. The third kappa shape index (κ3) is 3.72. The number of benzene rings is 1. The molecule has 1 aromatic carbocycles. The van der Waals surface area contributed by atoms with Gasteiger partial charge in [-0.1, -0.05) is 25.0 Å². The first-order valence-electron chi connectivity index (χ1n) is 7.15. The van der Waals surface area contributed by atoms with E-state index in [1.807, 2.05) is 0 Å². The number of carbonyl (C=O) groups is 2. The van der Waals surface area contributed by atoms with Crippen molar-refractivity contribution in [3.63, 3.8) is 0 Å². The van der Waals surface area contributed by atoms with Crippen LogP contribution in [0.25, 0.3) is 0 Å². The van der Waals surface area contributed by atoms with E-state index in [0.29, 0.717) is 11.3 Å². The maximum atomic E-state index is 12.0. The summed E-state index contributed by atoms with van der Waals surface area (Å²) in [6.07, 6.45) is 3.88. The number of urea groups is 1. The van der Waals surface area contributed by atoms with E-state index in [4.69, 9.17) is 5.73 Å². The number of rotatable bonds is 3. The molecule has 2 amide bonds. The van der Waals surface area contributed by atoms with Gasteiger partial charge in [0, 0.05) is 12.1 Å². The molecule has 1 aliphatic carbocycles. The van der Waals surface area contributed by atoms with E-state index in [-0.39, 0.29) is 17.6 Å². The summed E-state index contributed by atoms with van der Waals surface area (Å²) >= 11 is 0. The molecule has 2 rings (SSSR count). The SMILES string of the molecule is Cc1cccc(NC(=O)NC2CCCCC2N)c1C(=O)O. The third-order valence-electron chi connectivity index (χ3n) is 3.87. The van der Waals surface area contributed by atoms with Crippen LogP contribution in [0.2, 0.25) is 0 Å². The minimum absolute atomic E-state index is 0.0408. The Morgan fingerprint density at radius 1 is 1.29 bits per heavy atom. The summed E-state index contributed by atoms with van der Waals surface area (Å²) < 4.78 is 0. The van der Waals surface area contributed by atoms with Gasteiger partial charge in [-0.15, -0.1) is 0 Å².